The van der Waals surface area contributed by atoms with Crippen molar-refractivity contribution in [2.45, 2.75) is 62.6 Å². The van der Waals surface area contributed by atoms with Crippen molar-refractivity contribution >= 4 is 43.1 Å². The number of para-hydroxylation sites is 3. The Labute approximate surface area is 262 Å². The van der Waals surface area contributed by atoms with Crippen molar-refractivity contribution in [3.8, 4) is 11.5 Å². The highest BCUT2D eigenvalue weighted by molar-refractivity contribution is 6.71. The Kier molecular flexibility index (Phi) is 7.12. The number of carbonyl (C=O) groups is 3. The molecule has 7 rings (SSSR count). The molecule has 10 nitrogen and oxygen atoms in total. The molecule has 3 N–H and O–H groups in total. The van der Waals surface area contributed by atoms with Gasteiger partial charge >= 0.3 is 0 Å². The molecule has 11 heteroatoms. The molecule has 0 aliphatic carbocycles. The average Bonchev–Trinajstić information content (AvgIpc) is 3.66. The van der Waals surface area contributed by atoms with Gasteiger partial charge in [0.05, 0.1) is 36.4 Å². The van der Waals surface area contributed by atoms with Gasteiger partial charge in [-0.25, -0.2) is 0 Å². The van der Waals surface area contributed by atoms with Crippen LogP contribution in [-0.2, 0) is 19.9 Å². The van der Waals surface area contributed by atoms with Crippen LogP contribution in [0.3, 0.4) is 0 Å². The summed E-state index contributed by atoms with van der Waals surface area (Å²) in [5.41, 5.74) is 0.700. The van der Waals surface area contributed by atoms with Crippen molar-refractivity contribution < 1.29 is 33.8 Å². The summed E-state index contributed by atoms with van der Waals surface area (Å²) in [5.74, 6) is -0.293. The molecule has 3 aromatic carbocycles. The summed E-state index contributed by atoms with van der Waals surface area (Å²) in [4.78, 5) is 56.4. The Hall–Kier alpha value is -4.03. The van der Waals surface area contributed by atoms with Crippen molar-refractivity contribution in [3.05, 3.63) is 77.9 Å². The van der Waals surface area contributed by atoms with Crippen molar-refractivity contribution in [1.29, 1.82) is 0 Å². The number of likely N-dealkylation sites (tertiary alicyclic amines) is 1. The second-order valence-corrected chi connectivity index (χ2v) is 17.0. The van der Waals surface area contributed by atoms with E-state index in [1.165, 1.54) is 0 Å². The van der Waals surface area contributed by atoms with Crippen LogP contribution < -0.4 is 15.0 Å². The van der Waals surface area contributed by atoms with Crippen LogP contribution in [-0.4, -0.2) is 66.1 Å². The zero-order chi connectivity index (χ0) is 31.7. The van der Waals surface area contributed by atoms with Crippen molar-refractivity contribution in [3.63, 3.8) is 0 Å². The minimum absolute atomic E-state index is 0.00133. The van der Waals surface area contributed by atoms with Gasteiger partial charge in [0.25, 0.3) is 11.8 Å². The molecule has 0 radical (unpaired) electrons. The second-order valence-electron chi connectivity index (χ2n) is 13.0. The summed E-state index contributed by atoms with van der Waals surface area (Å²) < 4.78 is 12.9. The number of ether oxygens (including phenoxy) is 2. The molecule has 5 atom stereocenters. The van der Waals surface area contributed by atoms with Gasteiger partial charge in [0.2, 0.25) is 5.91 Å². The number of benzene rings is 3. The predicted molar refractivity (Wildman–Crippen MR) is 170 cm³/mol. The van der Waals surface area contributed by atoms with E-state index < -0.39 is 31.5 Å². The summed E-state index contributed by atoms with van der Waals surface area (Å²) in [7, 11) is -2.98. The van der Waals surface area contributed by atoms with E-state index in [0.29, 0.717) is 46.2 Å². The number of nitrogens with zero attached hydrogens (tertiary/aromatic N) is 2. The summed E-state index contributed by atoms with van der Waals surface area (Å²) in [5, 5.41) is 12.8. The first kappa shape index (κ1) is 29.7. The molecule has 2 saturated heterocycles. The van der Waals surface area contributed by atoms with Crippen LogP contribution in [0.1, 0.15) is 42.1 Å². The summed E-state index contributed by atoms with van der Waals surface area (Å²) >= 11 is 0. The first-order valence-electron chi connectivity index (χ1n) is 15.5. The molecule has 234 valence electrons. The van der Waals surface area contributed by atoms with Crippen LogP contribution in [0.15, 0.2) is 66.7 Å². The van der Waals surface area contributed by atoms with Crippen LogP contribution in [0.5, 0.6) is 11.5 Å². The Morgan fingerprint density at radius 2 is 1.80 bits per heavy atom. The molecule has 4 heterocycles. The van der Waals surface area contributed by atoms with E-state index >= 15 is 0 Å². The van der Waals surface area contributed by atoms with Crippen LogP contribution in [0.25, 0.3) is 0 Å². The normalized spacial score (nSPS) is 27.1. The number of hydrogen-bond acceptors (Lipinski definition) is 7. The highest BCUT2D eigenvalue weighted by atomic mass is 28.4. The standard InChI is InChI=1S/C34H37N3O7Si/c1-20-31(45(2,3)42)29(18-30(39)36-16-8-9-22(36)19-38)44-34(20)24-17-21(14-15-25(24)35-33(34)41)37-26-11-5-7-13-28(26)43-27-12-6-4-10-23(27)32(37)40/h4-7,10-15,17,20,22,29,31,38,42H,8-9,16,18-19H2,1-3H3,(H,35,41)/t20-,22+,29+,31-,34+/m1/s1. The fourth-order valence-corrected chi connectivity index (χ4v) is 10.5. The maximum absolute atomic E-state index is 14.1. The highest BCUT2D eigenvalue weighted by Crippen LogP contribution is 2.59. The molecule has 0 aromatic heterocycles. The Morgan fingerprint density at radius 3 is 2.56 bits per heavy atom. The van der Waals surface area contributed by atoms with Crippen LogP contribution in [0.4, 0.5) is 17.1 Å². The molecule has 3 amide bonds. The van der Waals surface area contributed by atoms with Crippen LogP contribution >= 0.6 is 0 Å². The van der Waals surface area contributed by atoms with Gasteiger partial charge in [0.15, 0.2) is 19.7 Å². The third kappa shape index (κ3) is 4.60. The molecule has 45 heavy (non-hydrogen) atoms. The number of nitrogens with one attached hydrogen (secondary N) is 1. The number of aliphatic hydroxyl groups excluding tert-OH is 1. The lowest BCUT2D eigenvalue weighted by Gasteiger charge is -2.32. The molecular weight excluding hydrogens is 590 g/mol. The number of rotatable bonds is 5. The molecule has 2 fully saturated rings. The first-order chi connectivity index (χ1) is 21.5. The molecule has 0 bridgehead atoms. The zero-order valence-electron chi connectivity index (χ0n) is 25.5. The van der Waals surface area contributed by atoms with Gasteiger partial charge in [-0.15, -0.1) is 0 Å². The fourth-order valence-electron chi connectivity index (χ4n) is 7.93. The average molecular weight is 628 g/mol. The van der Waals surface area contributed by atoms with Gasteiger partial charge in [0, 0.05) is 34.9 Å². The number of carbonyl (C=O) groups excluding carboxylic acids is 3. The fraction of sp³-hybridized carbons (Fsp3) is 0.382. The third-order valence-corrected chi connectivity index (χ3v) is 12.4. The quantitative estimate of drug-likeness (QED) is 0.344. The van der Waals surface area contributed by atoms with Crippen molar-refractivity contribution in [1.82, 2.24) is 4.90 Å². The van der Waals surface area contributed by atoms with E-state index in [9.17, 15) is 24.3 Å². The van der Waals surface area contributed by atoms with Crippen molar-refractivity contribution in [2.75, 3.05) is 23.4 Å². The SMILES string of the molecule is C[C@@H]1[C@@H]([Si](C)(C)O)[C@H](CC(=O)N2CCC[C@H]2CO)O[C@@]12C(=O)Nc1ccc(N3C(=O)c4ccccc4Oc4ccccc43)cc12. The summed E-state index contributed by atoms with van der Waals surface area (Å²) in [6.07, 6.45) is 0.849. The molecular formula is C34H37N3O7Si. The van der Waals surface area contributed by atoms with Gasteiger partial charge < -0.3 is 29.6 Å². The number of aliphatic hydroxyl groups is 1. The summed E-state index contributed by atoms with van der Waals surface area (Å²) in [6, 6.07) is 19.5. The number of fused-ring (bicyclic) bond motifs is 4. The maximum atomic E-state index is 14.1. The van der Waals surface area contributed by atoms with E-state index in [-0.39, 0.29) is 36.8 Å². The molecule has 0 unspecified atom stereocenters. The molecule has 4 aliphatic rings. The Bertz CT molecular complexity index is 1710. The van der Waals surface area contributed by atoms with Gasteiger partial charge in [-0.2, -0.15) is 0 Å². The maximum Gasteiger partial charge on any atom is 0.266 e. The van der Waals surface area contributed by atoms with Gasteiger partial charge in [-0.3, -0.25) is 19.3 Å². The van der Waals surface area contributed by atoms with E-state index in [2.05, 4.69) is 5.32 Å². The van der Waals surface area contributed by atoms with Crippen LogP contribution in [0, 0.1) is 5.92 Å². The largest absolute Gasteiger partial charge is 0.454 e. The Morgan fingerprint density at radius 1 is 1.07 bits per heavy atom. The smallest absolute Gasteiger partial charge is 0.266 e. The number of amides is 3. The third-order valence-electron chi connectivity index (χ3n) is 9.91. The van der Waals surface area contributed by atoms with Gasteiger partial charge in [0.1, 0.15) is 5.75 Å². The molecule has 3 aromatic rings. The molecule has 4 aliphatic heterocycles. The topological polar surface area (TPSA) is 129 Å². The van der Waals surface area contributed by atoms with Gasteiger partial charge in [-0.05, 0) is 68.4 Å². The lowest BCUT2D eigenvalue weighted by Crippen LogP contribution is -2.44. The lowest BCUT2D eigenvalue weighted by molar-refractivity contribution is -0.148. The van der Waals surface area contributed by atoms with E-state index in [4.69, 9.17) is 9.47 Å². The van der Waals surface area contributed by atoms with Crippen molar-refractivity contribution in [2.24, 2.45) is 5.92 Å². The molecule has 0 saturated carbocycles. The number of hydrogen-bond donors (Lipinski definition) is 3. The minimum atomic E-state index is -2.98. The highest BCUT2D eigenvalue weighted by Gasteiger charge is 2.65. The van der Waals surface area contributed by atoms with E-state index in [1.807, 2.05) is 56.4 Å². The van der Waals surface area contributed by atoms with Gasteiger partial charge in [-0.1, -0.05) is 31.2 Å². The minimum Gasteiger partial charge on any atom is -0.454 e. The summed E-state index contributed by atoms with van der Waals surface area (Å²) in [6.45, 7) is 5.99. The number of anilines is 3. The van der Waals surface area contributed by atoms with E-state index in [1.54, 1.807) is 40.1 Å². The van der Waals surface area contributed by atoms with E-state index in [0.717, 1.165) is 12.8 Å². The monoisotopic (exact) mass is 627 g/mol. The van der Waals surface area contributed by atoms with Crippen LogP contribution in [0.2, 0.25) is 18.6 Å². The zero-order valence-corrected chi connectivity index (χ0v) is 26.5. The Balaban J connectivity index is 1.31. The second kappa shape index (κ2) is 10.8. The predicted octanol–water partition coefficient (Wildman–Crippen LogP) is 4.89. The lowest BCUT2D eigenvalue weighted by atomic mass is 9.82. The molecule has 1 spiro atoms. The first-order valence-corrected chi connectivity index (χ1v) is 18.5.